The summed E-state index contributed by atoms with van der Waals surface area (Å²) in [4.78, 5) is 0. The Balaban J connectivity index is 2.45. The number of allylic oxidation sites excluding steroid dienone is 4. The van der Waals surface area contributed by atoms with Gasteiger partial charge in [0, 0.05) is 0 Å². The summed E-state index contributed by atoms with van der Waals surface area (Å²) >= 11 is 0. The first kappa shape index (κ1) is 11.6. The molecule has 0 nitrogen and oxygen atoms in total. The first-order valence-electron chi connectivity index (χ1n) is 5.91. The molecular formula is C14H24. The van der Waals surface area contributed by atoms with Crippen molar-refractivity contribution in [3.05, 3.63) is 23.3 Å². The Bertz CT molecular complexity index is 235. The lowest BCUT2D eigenvalue weighted by Gasteiger charge is -2.25. The molecule has 14 heavy (non-hydrogen) atoms. The van der Waals surface area contributed by atoms with Gasteiger partial charge in [0.2, 0.25) is 0 Å². The molecule has 0 heteroatoms. The largest absolute Gasteiger partial charge is 0.0809 e. The Morgan fingerprint density at radius 1 is 1.14 bits per heavy atom. The minimum absolute atomic E-state index is 0.368. The van der Waals surface area contributed by atoms with E-state index in [-0.39, 0.29) is 0 Å². The molecule has 0 fully saturated rings. The van der Waals surface area contributed by atoms with Crippen LogP contribution in [0.1, 0.15) is 59.8 Å². The topological polar surface area (TPSA) is 0 Å². The van der Waals surface area contributed by atoms with E-state index in [2.05, 4.69) is 39.8 Å². The van der Waals surface area contributed by atoms with Crippen LogP contribution in [0, 0.1) is 5.41 Å². The highest BCUT2D eigenvalue weighted by Gasteiger charge is 2.17. The van der Waals surface area contributed by atoms with Crippen LogP contribution in [0.25, 0.3) is 0 Å². The zero-order valence-corrected chi connectivity index (χ0v) is 10.2. The molecule has 1 rings (SSSR count). The normalized spacial score (nSPS) is 17.7. The highest BCUT2D eigenvalue weighted by atomic mass is 14.2. The standard InChI is InChI=1S/C14H24/c1-5-6-7-12-8-10-13(11-9-12)14(2,3)4/h8,11H,5-7,9-10H2,1-4H3. The van der Waals surface area contributed by atoms with Crippen molar-refractivity contribution >= 4 is 0 Å². The fourth-order valence-electron chi connectivity index (χ4n) is 1.90. The number of hydrogen-bond donors (Lipinski definition) is 0. The minimum Gasteiger partial charge on any atom is -0.0809 e. The van der Waals surface area contributed by atoms with E-state index in [9.17, 15) is 0 Å². The van der Waals surface area contributed by atoms with Gasteiger partial charge in [0.1, 0.15) is 0 Å². The molecule has 0 unspecified atom stereocenters. The summed E-state index contributed by atoms with van der Waals surface area (Å²) < 4.78 is 0. The van der Waals surface area contributed by atoms with Crippen molar-refractivity contribution in [2.45, 2.75) is 59.8 Å². The summed E-state index contributed by atoms with van der Waals surface area (Å²) in [5.41, 5.74) is 3.63. The molecule has 0 spiro atoms. The van der Waals surface area contributed by atoms with Gasteiger partial charge in [-0.15, -0.1) is 0 Å². The van der Waals surface area contributed by atoms with E-state index in [1.54, 1.807) is 11.1 Å². The van der Waals surface area contributed by atoms with E-state index >= 15 is 0 Å². The highest BCUT2D eigenvalue weighted by molar-refractivity contribution is 5.25. The summed E-state index contributed by atoms with van der Waals surface area (Å²) in [7, 11) is 0. The molecule has 0 N–H and O–H groups in total. The zero-order valence-electron chi connectivity index (χ0n) is 10.2. The molecule has 0 aromatic carbocycles. The Morgan fingerprint density at radius 2 is 1.86 bits per heavy atom. The molecule has 0 atom stereocenters. The van der Waals surface area contributed by atoms with Gasteiger partial charge in [-0.1, -0.05) is 57.4 Å². The maximum Gasteiger partial charge on any atom is -0.0131 e. The lowest BCUT2D eigenvalue weighted by atomic mass is 9.80. The van der Waals surface area contributed by atoms with Crippen LogP contribution in [0.2, 0.25) is 0 Å². The Kier molecular flexibility index (Phi) is 3.97. The molecule has 80 valence electrons. The van der Waals surface area contributed by atoms with E-state index in [0.717, 1.165) is 0 Å². The average molecular weight is 192 g/mol. The second-order valence-corrected chi connectivity index (χ2v) is 5.35. The lowest BCUT2D eigenvalue weighted by Crippen LogP contribution is -2.11. The Labute approximate surface area is 89.1 Å². The maximum absolute atomic E-state index is 2.45. The van der Waals surface area contributed by atoms with Crippen LogP contribution in [0.4, 0.5) is 0 Å². The molecule has 1 aliphatic rings. The average Bonchev–Trinajstić information content (AvgIpc) is 2.14. The van der Waals surface area contributed by atoms with Crippen molar-refractivity contribution in [2.75, 3.05) is 0 Å². The second kappa shape index (κ2) is 4.82. The van der Waals surface area contributed by atoms with Gasteiger partial charge in [-0.2, -0.15) is 0 Å². The maximum atomic E-state index is 2.45. The summed E-state index contributed by atoms with van der Waals surface area (Å²) in [6.07, 6.45) is 11.3. The summed E-state index contributed by atoms with van der Waals surface area (Å²) in [5.74, 6) is 0. The zero-order chi connectivity index (χ0) is 10.6. The molecule has 1 aliphatic carbocycles. The summed E-state index contributed by atoms with van der Waals surface area (Å²) in [6, 6.07) is 0. The second-order valence-electron chi connectivity index (χ2n) is 5.35. The van der Waals surface area contributed by atoms with E-state index in [4.69, 9.17) is 0 Å². The molecule has 0 aliphatic heterocycles. The van der Waals surface area contributed by atoms with Gasteiger partial charge in [0.25, 0.3) is 0 Å². The van der Waals surface area contributed by atoms with E-state index in [1.807, 2.05) is 0 Å². The van der Waals surface area contributed by atoms with Crippen LogP contribution in [0.3, 0.4) is 0 Å². The smallest absolute Gasteiger partial charge is 0.0131 e. The molecule has 0 bridgehead atoms. The van der Waals surface area contributed by atoms with Crippen molar-refractivity contribution in [2.24, 2.45) is 5.41 Å². The van der Waals surface area contributed by atoms with Gasteiger partial charge < -0.3 is 0 Å². The molecule has 0 saturated heterocycles. The van der Waals surface area contributed by atoms with Gasteiger partial charge in [-0.25, -0.2) is 0 Å². The molecule has 0 amide bonds. The predicted molar refractivity (Wildman–Crippen MR) is 64.4 cm³/mol. The predicted octanol–water partition coefficient (Wildman–Crippen LogP) is 4.87. The molecule has 0 saturated carbocycles. The third kappa shape index (κ3) is 3.32. The highest BCUT2D eigenvalue weighted by Crippen LogP contribution is 2.33. The SMILES string of the molecule is CCCCC1=CCC(C(C)(C)C)=CC1. The van der Waals surface area contributed by atoms with Crippen LogP contribution < -0.4 is 0 Å². The van der Waals surface area contributed by atoms with E-state index < -0.39 is 0 Å². The van der Waals surface area contributed by atoms with Crippen molar-refractivity contribution in [1.29, 1.82) is 0 Å². The third-order valence-corrected chi connectivity index (χ3v) is 3.04. The van der Waals surface area contributed by atoms with Crippen LogP contribution in [0.5, 0.6) is 0 Å². The van der Waals surface area contributed by atoms with Crippen molar-refractivity contribution in [1.82, 2.24) is 0 Å². The molecule has 0 radical (unpaired) electrons. The van der Waals surface area contributed by atoms with Crippen LogP contribution >= 0.6 is 0 Å². The fraction of sp³-hybridized carbons (Fsp3) is 0.714. The minimum atomic E-state index is 0.368. The van der Waals surface area contributed by atoms with Gasteiger partial charge in [-0.3, -0.25) is 0 Å². The first-order chi connectivity index (χ1) is 6.54. The van der Waals surface area contributed by atoms with Gasteiger partial charge in [-0.05, 0) is 31.1 Å². The van der Waals surface area contributed by atoms with Crippen molar-refractivity contribution in [3.8, 4) is 0 Å². The van der Waals surface area contributed by atoms with Crippen LogP contribution in [-0.4, -0.2) is 0 Å². The number of unbranched alkanes of at least 4 members (excludes halogenated alkanes) is 1. The van der Waals surface area contributed by atoms with E-state index in [1.165, 1.54) is 32.1 Å². The van der Waals surface area contributed by atoms with Crippen molar-refractivity contribution < 1.29 is 0 Å². The van der Waals surface area contributed by atoms with E-state index in [0.29, 0.717) is 5.41 Å². The monoisotopic (exact) mass is 192 g/mol. The van der Waals surface area contributed by atoms with Gasteiger partial charge >= 0.3 is 0 Å². The molecule has 0 heterocycles. The molecular weight excluding hydrogens is 168 g/mol. The quantitative estimate of drug-likeness (QED) is 0.560. The number of hydrogen-bond acceptors (Lipinski definition) is 0. The Morgan fingerprint density at radius 3 is 2.29 bits per heavy atom. The first-order valence-corrected chi connectivity index (χ1v) is 5.91. The third-order valence-electron chi connectivity index (χ3n) is 3.04. The summed E-state index contributed by atoms with van der Waals surface area (Å²) in [6.45, 7) is 9.19. The van der Waals surface area contributed by atoms with Crippen LogP contribution in [0.15, 0.2) is 23.3 Å². The van der Waals surface area contributed by atoms with Gasteiger partial charge in [0.05, 0.1) is 0 Å². The summed E-state index contributed by atoms with van der Waals surface area (Å²) in [5, 5.41) is 0. The Hall–Kier alpha value is -0.520. The van der Waals surface area contributed by atoms with Gasteiger partial charge in [0.15, 0.2) is 0 Å². The fourth-order valence-corrected chi connectivity index (χ4v) is 1.90. The molecule has 0 aromatic heterocycles. The lowest BCUT2D eigenvalue weighted by molar-refractivity contribution is 0.488. The number of rotatable bonds is 3. The molecule has 0 aromatic rings. The van der Waals surface area contributed by atoms with Crippen LogP contribution in [-0.2, 0) is 0 Å². The van der Waals surface area contributed by atoms with Crippen molar-refractivity contribution in [3.63, 3.8) is 0 Å².